The first-order chi connectivity index (χ1) is 26.5. The Morgan fingerprint density at radius 3 is 1.38 bits per heavy atom. The molecule has 0 fully saturated rings. The minimum atomic E-state index is -3.01. The van der Waals surface area contributed by atoms with Gasteiger partial charge in [0.25, 0.3) is 0 Å². The van der Waals surface area contributed by atoms with Crippen LogP contribution in [0.1, 0.15) is 24.1 Å². The first kappa shape index (κ1) is 46.2. The second kappa shape index (κ2) is 22.0. The predicted molar refractivity (Wildman–Crippen MR) is 267 cm³/mol. The maximum atomic E-state index is 6.41. The van der Waals surface area contributed by atoms with Crippen LogP contribution in [0, 0.1) is 0 Å². The quantitative estimate of drug-likeness (QED) is 0.109. The van der Waals surface area contributed by atoms with E-state index >= 15 is 0 Å². The van der Waals surface area contributed by atoms with Crippen LogP contribution >= 0.6 is 108 Å². The predicted octanol–water partition coefficient (Wildman–Crippen LogP) is 16.6. The number of rotatable bonds is 8. The summed E-state index contributed by atoms with van der Waals surface area (Å²) in [4.78, 5) is 0. The molecule has 0 unspecified atom stereocenters. The molecule has 0 atom stereocenters. The Morgan fingerprint density at radius 1 is 0.482 bits per heavy atom. The van der Waals surface area contributed by atoms with Gasteiger partial charge in [0.05, 0.1) is 11.6 Å². The number of hydrogen-bond acceptors (Lipinski definition) is 1. The third-order valence-corrected chi connectivity index (χ3v) is 21.6. The Kier molecular flexibility index (Phi) is 18.2. The number of methoxy groups -OCH3 is 1. The van der Waals surface area contributed by atoms with Crippen molar-refractivity contribution in [2.75, 3.05) is 7.11 Å². The van der Waals surface area contributed by atoms with E-state index < -0.39 is 5.31 Å². The van der Waals surface area contributed by atoms with Gasteiger partial charge in [-0.1, -0.05) is 93.4 Å². The van der Waals surface area contributed by atoms with E-state index in [0.29, 0.717) is 0 Å². The van der Waals surface area contributed by atoms with Gasteiger partial charge in [0.15, 0.2) is 0 Å². The normalized spacial score (nSPS) is 11.5. The van der Waals surface area contributed by atoms with Crippen LogP contribution in [0.4, 0.5) is 0 Å². The number of benzene rings is 7. The summed E-state index contributed by atoms with van der Waals surface area (Å²) in [5.74, 6) is 0.873. The van der Waals surface area contributed by atoms with E-state index in [4.69, 9.17) is 27.9 Å². The number of para-hydroxylation sites is 1. The molecule has 0 N–H and O–H groups in total. The molecule has 7 rings (SSSR count). The molecule has 0 aliphatic carbocycles. The van der Waals surface area contributed by atoms with Crippen LogP contribution in [0.15, 0.2) is 194 Å². The van der Waals surface area contributed by atoms with Gasteiger partial charge in [0.2, 0.25) is 0 Å². The fourth-order valence-electron chi connectivity index (χ4n) is 5.96. The fourth-order valence-corrected chi connectivity index (χ4v) is 15.8. The van der Waals surface area contributed by atoms with Crippen LogP contribution in [0.25, 0.3) is 12.2 Å². The van der Waals surface area contributed by atoms with Crippen LogP contribution < -0.4 is 20.7 Å². The first-order valence-electron chi connectivity index (χ1n) is 17.0. The van der Waals surface area contributed by atoms with Gasteiger partial charge in [-0.2, -0.15) is 0 Å². The molecule has 0 saturated carbocycles. The molecule has 1 nitrogen and oxygen atoms in total. The van der Waals surface area contributed by atoms with Gasteiger partial charge in [-0.25, -0.2) is 0 Å². The third kappa shape index (κ3) is 11.6. The van der Waals surface area contributed by atoms with Crippen LogP contribution in [0.3, 0.4) is 0 Å². The summed E-state index contributed by atoms with van der Waals surface area (Å²) in [5.41, 5.74) is 3.39. The first-order valence-corrected chi connectivity index (χ1v) is 25.4. The van der Waals surface area contributed by atoms with Crippen LogP contribution in [0.5, 0.6) is 5.75 Å². The van der Waals surface area contributed by atoms with Gasteiger partial charge in [-0.15, -0.1) is 0 Å². The summed E-state index contributed by atoms with van der Waals surface area (Å²) in [5, 5.41) is 2.35. The molecule has 0 aliphatic heterocycles. The number of ether oxygens (including phenoxy) is 1. The molecule has 0 radical (unpaired) electrons. The average molecular weight is 1120 g/mol. The molecular weight excluding hydrogens is 1080 g/mol. The maximum absolute atomic E-state index is 6.41. The molecule has 0 spiro atoms. The van der Waals surface area contributed by atoms with E-state index in [1.807, 2.05) is 78.9 Å². The minimum absolute atomic E-state index is 0. The van der Waals surface area contributed by atoms with Gasteiger partial charge in [-0.3, -0.25) is 0 Å². The Balaban J connectivity index is 0.000000217. The van der Waals surface area contributed by atoms with Crippen molar-refractivity contribution in [3.8, 4) is 5.75 Å². The molecule has 0 aromatic heterocycles. The molecule has 0 bridgehead atoms. The van der Waals surface area contributed by atoms with Crippen molar-refractivity contribution >= 4 is 136 Å². The summed E-state index contributed by atoms with van der Waals surface area (Å²) >= 11 is 31.0. The molecule has 0 aliphatic rings. The summed E-state index contributed by atoms with van der Waals surface area (Å²) in [6.07, 6.45) is 4.90. The van der Waals surface area contributed by atoms with Crippen molar-refractivity contribution < 1.29 is 4.74 Å². The molecule has 56 heavy (non-hydrogen) atoms. The molecule has 288 valence electrons. The van der Waals surface area contributed by atoms with Crippen LogP contribution in [-0.4, -0.2) is 7.11 Å². The van der Waals surface area contributed by atoms with Crippen molar-refractivity contribution in [1.82, 2.24) is 0 Å². The monoisotopic (exact) mass is 1120 g/mol. The van der Waals surface area contributed by atoms with Crippen LogP contribution in [-0.2, 0) is 6.16 Å². The van der Waals surface area contributed by atoms with Crippen molar-refractivity contribution in [3.63, 3.8) is 0 Å². The van der Waals surface area contributed by atoms with Crippen molar-refractivity contribution in [2.24, 2.45) is 0 Å². The van der Waals surface area contributed by atoms with Gasteiger partial charge in [-0.05, 0) is 63.5 Å². The SMILES string of the molecule is C.COc1ccccc1Br.Clc1ccc(Br)c(/C=C\c2ccccc2Br)c1.Clc1ccc(Br)c(CP(Br)(c2ccccc2)(c2ccccc2)c2ccccc2)c1. The average Bonchev–Trinajstić information content (AvgIpc) is 3.22. The van der Waals surface area contributed by atoms with Gasteiger partial charge >= 0.3 is 195 Å². The molecule has 9 heteroatoms. The Morgan fingerprint density at radius 2 is 0.893 bits per heavy atom. The third-order valence-electron chi connectivity index (χ3n) is 8.72. The molecule has 7 aromatic rings. The summed E-state index contributed by atoms with van der Waals surface area (Å²) < 4.78 is 9.17. The van der Waals surface area contributed by atoms with E-state index in [2.05, 4.69) is 188 Å². The van der Waals surface area contributed by atoms with E-state index in [1.54, 1.807) is 7.11 Å². The molecule has 0 amide bonds. The zero-order valence-electron chi connectivity index (χ0n) is 29.6. The zero-order valence-corrected chi connectivity index (χ0v) is 39.9. The van der Waals surface area contributed by atoms with Crippen molar-refractivity contribution in [2.45, 2.75) is 13.6 Å². The Labute approximate surface area is 383 Å². The number of halogens is 7. The van der Waals surface area contributed by atoms with Gasteiger partial charge in [0.1, 0.15) is 5.75 Å². The molecular formula is C47H40Br5Cl2OP. The summed E-state index contributed by atoms with van der Waals surface area (Å²) in [6.45, 7) is 0. The summed E-state index contributed by atoms with van der Waals surface area (Å²) in [7, 11) is 1.65. The fraction of sp³-hybridized carbons (Fsp3) is 0.0638. The topological polar surface area (TPSA) is 9.23 Å². The van der Waals surface area contributed by atoms with E-state index in [-0.39, 0.29) is 7.43 Å². The Bertz CT molecular complexity index is 2240. The van der Waals surface area contributed by atoms with Crippen LogP contribution in [0.2, 0.25) is 10.0 Å². The van der Waals surface area contributed by atoms with Crippen molar-refractivity contribution in [1.29, 1.82) is 0 Å². The van der Waals surface area contributed by atoms with E-state index in [0.717, 1.165) is 51.0 Å². The summed E-state index contributed by atoms with van der Waals surface area (Å²) in [6, 6.07) is 60.0. The standard InChI is InChI=1S/C25H20Br2ClP.C14H9Br2Cl.C7H7BrO.CH4/c26-25-17-16-21(28)18-20(25)19-29(27,22-10-4-1-5-11-22,23-12-6-2-7-13-23)24-14-8-3-9-15-24;15-13-4-2-1-3-10(13)5-6-11-9-12(17)7-8-14(11)16;1-9-7-5-3-2-4-6(7)8;/h1-18H,19H2;1-9H;2-5H,1H3;1H4/b;6-5-;;. The van der Waals surface area contributed by atoms with Gasteiger partial charge in [0, 0.05) is 14.0 Å². The second-order valence-corrected chi connectivity index (χ2v) is 25.5. The van der Waals surface area contributed by atoms with Crippen molar-refractivity contribution in [3.05, 3.63) is 221 Å². The zero-order chi connectivity index (χ0) is 39.3. The molecule has 0 saturated heterocycles. The second-order valence-electron chi connectivity index (χ2n) is 12.2. The van der Waals surface area contributed by atoms with E-state index in [9.17, 15) is 0 Å². The van der Waals surface area contributed by atoms with E-state index in [1.165, 1.54) is 21.5 Å². The Hall–Kier alpha value is -2.51. The van der Waals surface area contributed by atoms with Gasteiger partial charge < -0.3 is 4.74 Å². The number of hydrogen-bond donors (Lipinski definition) is 0. The molecule has 7 aromatic carbocycles. The molecule has 0 heterocycles.